The molecule has 1 aromatic rings. The Hall–Kier alpha value is -1.67. The van der Waals surface area contributed by atoms with Crippen LogP contribution in [0, 0.1) is 11.8 Å². The average molecular weight is 290 g/mol. The van der Waals surface area contributed by atoms with Crippen molar-refractivity contribution in [2.45, 2.75) is 27.1 Å². The Morgan fingerprint density at radius 3 is 2.29 bits per heavy atom. The Morgan fingerprint density at radius 2 is 1.76 bits per heavy atom. The highest BCUT2D eigenvalue weighted by Gasteiger charge is 2.06. The number of hydrogen-bond acceptors (Lipinski definition) is 4. The quantitative estimate of drug-likeness (QED) is 0.319. The molecule has 0 aliphatic rings. The van der Waals surface area contributed by atoms with Crippen LogP contribution in [-0.4, -0.2) is 38.5 Å². The zero-order valence-corrected chi connectivity index (χ0v) is 12.8. The maximum Gasteiger partial charge on any atom is 0.180 e. The van der Waals surface area contributed by atoms with Gasteiger partial charge in [-0.25, -0.2) is 0 Å². The van der Waals surface area contributed by atoms with Crippen LogP contribution in [0.3, 0.4) is 0 Å². The summed E-state index contributed by atoms with van der Waals surface area (Å²) in [6.45, 7) is 7.21. The lowest BCUT2D eigenvalue weighted by molar-refractivity contribution is -0.164. The van der Waals surface area contributed by atoms with Crippen molar-refractivity contribution in [3.8, 4) is 11.8 Å². The number of rotatable bonds is 8. The molecule has 0 radical (unpaired) electrons. The van der Waals surface area contributed by atoms with Crippen LogP contribution in [-0.2, 0) is 14.2 Å². The number of ether oxygens (including phenoxy) is 3. The zero-order chi connectivity index (χ0) is 15.5. The van der Waals surface area contributed by atoms with Crippen molar-refractivity contribution >= 4 is 5.78 Å². The summed E-state index contributed by atoms with van der Waals surface area (Å²) in [6, 6.07) is 7.20. The van der Waals surface area contributed by atoms with Crippen molar-refractivity contribution < 1.29 is 19.0 Å². The second-order valence-corrected chi connectivity index (χ2v) is 4.29. The van der Waals surface area contributed by atoms with E-state index in [9.17, 15) is 4.79 Å². The fourth-order valence-electron chi connectivity index (χ4n) is 1.65. The van der Waals surface area contributed by atoms with Gasteiger partial charge in [0.1, 0.15) is 6.61 Å². The predicted octanol–water partition coefficient (Wildman–Crippen LogP) is 2.66. The maximum atomic E-state index is 11.1. The van der Waals surface area contributed by atoms with Crippen molar-refractivity contribution in [1.82, 2.24) is 0 Å². The molecule has 0 bridgehead atoms. The number of Topliss-reactive ketones (excluding diaryl/α,β-unsaturated/α-hetero) is 1. The predicted molar refractivity (Wildman–Crippen MR) is 81.2 cm³/mol. The summed E-state index contributed by atoms with van der Waals surface area (Å²) in [5, 5.41) is 0. The summed E-state index contributed by atoms with van der Waals surface area (Å²) in [5.74, 6) is 5.95. The van der Waals surface area contributed by atoms with Crippen molar-refractivity contribution in [3.05, 3.63) is 35.4 Å². The molecule has 0 aromatic heterocycles. The van der Waals surface area contributed by atoms with Crippen LogP contribution in [0.5, 0.6) is 0 Å². The van der Waals surface area contributed by atoms with Gasteiger partial charge >= 0.3 is 0 Å². The SMILES string of the molecule is CCOC(COCC#Cc1ccc(C(C)=O)cc1)OCC. The van der Waals surface area contributed by atoms with Crippen LogP contribution in [0.4, 0.5) is 0 Å². The van der Waals surface area contributed by atoms with E-state index in [1.54, 1.807) is 19.1 Å². The van der Waals surface area contributed by atoms with E-state index in [0.29, 0.717) is 32.0 Å². The van der Waals surface area contributed by atoms with Crippen LogP contribution in [0.1, 0.15) is 36.7 Å². The third kappa shape index (κ3) is 7.05. The minimum absolute atomic E-state index is 0.0516. The summed E-state index contributed by atoms with van der Waals surface area (Å²) in [4.78, 5) is 11.1. The molecule has 0 atom stereocenters. The highest BCUT2D eigenvalue weighted by Crippen LogP contribution is 2.03. The van der Waals surface area contributed by atoms with E-state index in [2.05, 4.69) is 11.8 Å². The first-order chi connectivity index (χ1) is 10.2. The molecule has 4 nitrogen and oxygen atoms in total. The normalized spacial score (nSPS) is 10.3. The molecule has 114 valence electrons. The van der Waals surface area contributed by atoms with E-state index >= 15 is 0 Å². The summed E-state index contributed by atoms with van der Waals surface area (Å²) in [5.41, 5.74) is 1.54. The molecule has 0 heterocycles. The van der Waals surface area contributed by atoms with Gasteiger partial charge in [0.25, 0.3) is 0 Å². The van der Waals surface area contributed by atoms with E-state index in [0.717, 1.165) is 5.56 Å². The van der Waals surface area contributed by atoms with Gasteiger partial charge in [0.15, 0.2) is 12.1 Å². The first-order valence-corrected chi connectivity index (χ1v) is 7.08. The van der Waals surface area contributed by atoms with Crippen LogP contribution in [0.25, 0.3) is 0 Å². The lowest BCUT2D eigenvalue weighted by Crippen LogP contribution is -2.23. The molecule has 0 amide bonds. The first kappa shape index (κ1) is 17.4. The van der Waals surface area contributed by atoms with Gasteiger partial charge in [0, 0.05) is 24.3 Å². The minimum Gasteiger partial charge on any atom is -0.363 e. The summed E-state index contributed by atoms with van der Waals surface area (Å²) in [6.07, 6.45) is -0.336. The standard InChI is InChI=1S/C17H22O4/c1-4-20-17(21-5-2)13-19-12-6-7-15-8-10-16(11-9-15)14(3)18/h8-11,17H,4-5,12-13H2,1-3H3. The van der Waals surface area contributed by atoms with E-state index in [4.69, 9.17) is 14.2 Å². The summed E-state index contributed by atoms with van der Waals surface area (Å²) in [7, 11) is 0. The summed E-state index contributed by atoms with van der Waals surface area (Å²) >= 11 is 0. The second kappa shape index (κ2) is 10.1. The van der Waals surface area contributed by atoms with Crippen LogP contribution < -0.4 is 0 Å². The van der Waals surface area contributed by atoms with E-state index in [1.165, 1.54) is 0 Å². The Labute approximate surface area is 126 Å². The molecule has 0 N–H and O–H groups in total. The largest absolute Gasteiger partial charge is 0.363 e. The number of carbonyl (C=O) groups excluding carboxylic acids is 1. The van der Waals surface area contributed by atoms with Crippen LogP contribution in [0.15, 0.2) is 24.3 Å². The van der Waals surface area contributed by atoms with Gasteiger partial charge in [-0.05, 0) is 32.9 Å². The van der Waals surface area contributed by atoms with Crippen molar-refractivity contribution in [3.63, 3.8) is 0 Å². The van der Waals surface area contributed by atoms with E-state index in [1.807, 2.05) is 26.0 Å². The van der Waals surface area contributed by atoms with Gasteiger partial charge in [-0.15, -0.1) is 0 Å². The third-order valence-corrected chi connectivity index (χ3v) is 2.66. The average Bonchev–Trinajstić information content (AvgIpc) is 2.47. The molecule has 1 rings (SSSR count). The molecule has 0 aliphatic carbocycles. The van der Waals surface area contributed by atoms with Crippen molar-refractivity contribution in [2.24, 2.45) is 0 Å². The molecular formula is C17H22O4. The lowest BCUT2D eigenvalue weighted by atomic mass is 10.1. The molecule has 0 saturated carbocycles. The topological polar surface area (TPSA) is 44.8 Å². The van der Waals surface area contributed by atoms with Gasteiger partial charge in [-0.1, -0.05) is 24.0 Å². The fourth-order valence-corrected chi connectivity index (χ4v) is 1.65. The Morgan fingerprint density at radius 1 is 1.14 bits per heavy atom. The lowest BCUT2D eigenvalue weighted by Gasteiger charge is -2.15. The van der Waals surface area contributed by atoms with Gasteiger partial charge in [-0.3, -0.25) is 4.79 Å². The van der Waals surface area contributed by atoms with E-state index < -0.39 is 0 Å². The Kier molecular flexibility index (Phi) is 8.37. The molecule has 0 fully saturated rings. The monoisotopic (exact) mass is 290 g/mol. The number of ketones is 1. The maximum absolute atomic E-state index is 11.1. The Bertz CT molecular complexity index is 476. The third-order valence-electron chi connectivity index (χ3n) is 2.66. The smallest absolute Gasteiger partial charge is 0.180 e. The highest BCUT2D eigenvalue weighted by atomic mass is 16.7. The minimum atomic E-state index is -0.336. The number of benzene rings is 1. The zero-order valence-electron chi connectivity index (χ0n) is 12.8. The number of carbonyl (C=O) groups is 1. The van der Waals surface area contributed by atoms with E-state index in [-0.39, 0.29) is 12.1 Å². The van der Waals surface area contributed by atoms with Crippen molar-refractivity contribution in [1.29, 1.82) is 0 Å². The molecule has 0 spiro atoms. The molecule has 0 unspecified atom stereocenters. The molecule has 21 heavy (non-hydrogen) atoms. The second-order valence-electron chi connectivity index (χ2n) is 4.29. The molecule has 1 aromatic carbocycles. The number of hydrogen-bond donors (Lipinski definition) is 0. The van der Waals surface area contributed by atoms with Crippen molar-refractivity contribution in [2.75, 3.05) is 26.4 Å². The van der Waals surface area contributed by atoms with Gasteiger partial charge in [0.05, 0.1) is 6.61 Å². The van der Waals surface area contributed by atoms with Crippen LogP contribution >= 0.6 is 0 Å². The van der Waals surface area contributed by atoms with Gasteiger partial charge in [-0.2, -0.15) is 0 Å². The summed E-state index contributed by atoms with van der Waals surface area (Å²) < 4.78 is 16.1. The molecule has 0 aliphatic heterocycles. The Balaban J connectivity index is 2.36. The fraction of sp³-hybridized carbons (Fsp3) is 0.471. The molecular weight excluding hydrogens is 268 g/mol. The van der Waals surface area contributed by atoms with Crippen LogP contribution in [0.2, 0.25) is 0 Å². The first-order valence-electron chi connectivity index (χ1n) is 7.08. The molecule has 0 saturated heterocycles. The van der Waals surface area contributed by atoms with Gasteiger partial charge in [0.2, 0.25) is 0 Å². The van der Waals surface area contributed by atoms with Gasteiger partial charge < -0.3 is 14.2 Å². The highest BCUT2D eigenvalue weighted by molar-refractivity contribution is 5.94. The molecule has 4 heteroatoms.